The second-order valence-electron chi connectivity index (χ2n) is 10.1. The zero-order chi connectivity index (χ0) is 26.8. The lowest BCUT2D eigenvalue weighted by atomic mass is 9.94. The van der Waals surface area contributed by atoms with Crippen molar-refractivity contribution in [2.45, 2.75) is 0 Å². The van der Waals surface area contributed by atoms with Crippen molar-refractivity contribution in [2.24, 2.45) is 0 Å². The standard InChI is InChI=1S/C36H21ClN2O/c37-30-19-18-27-32-28(17-16-26(33(30)32)23-12-6-2-7-13-23)36(40)39-31-21-25(22-10-4-1-5-11-22)20-29(34(31)38-35(27)39)24-14-8-3-9-15-24/h1-21H. The molecule has 0 spiro atoms. The van der Waals surface area contributed by atoms with Gasteiger partial charge >= 0.3 is 0 Å². The van der Waals surface area contributed by atoms with Gasteiger partial charge in [0, 0.05) is 32.1 Å². The molecule has 2 heterocycles. The van der Waals surface area contributed by atoms with E-state index in [4.69, 9.17) is 16.6 Å². The zero-order valence-electron chi connectivity index (χ0n) is 21.3. The van der Waals surface area contributed by atoms with Crippen LogP contribution in [0.15, 0.2) is 132 Å². The first-order valence-corrected chi connectivity index (χ1v) is 13.6. The van der Waals surface area contributed by atoms with Gasteiger partial charge in [-0.15, -0.1) is 0 Å². The molecule has 0 atom stereocenters. The van der Waals surface area contributed by atoms with Gasteiger partial charge in [-0.05, 0) is 58.1 Å². The minimum absolute atomic E-state index is 0.0962. The summed E-state index contributed by atoms with van der Waals surface area (Å²) in [4.78, 5) is 19.5. The van der Waals surface area contributed by atoms with E-state index in [9.17, 15) is 4.79 Å². The van der Waals surface area contributed by atoms with Crippen molar-refractivity contribution >= 4 is 49.8 Å². The first kappa shape index (κ1) is 22.9. The summed E-state index contributed by atoms with van der Waals surface area (Å²) in [7, 11) is 0. The zero-order valence-corrected chi connectivity index (χ0v) is 22.1. The summed E-state index contributed by atoms with van der Waals surface area (Å²) in [6, 6.07) is 42.8. The largest absolute Gasteiger partial charge is 0.268 e. The number of fused-ring (bicyclic) bond motifs is 4. The molecule has 188 valence electrons. The molecule has 2 aromatic heterocycles. The van der Waals surface area contributed by atoms with Gasteiger partial charge in [0.15, 0.2) is 0 Å². The maximum Gasteiger partial charge on any atom is 0.264 e. The molecule has 8 aromatic rings. The van der Waals surface area contributed by atoms with Gasteiger partial charge in [0.1, 0.15) is 5.65 Å². The molecule has 0 fully saturated rings. The molecule has 6 aromatic carbocycles. The maximum atomic E-state index is 14.3. The number of rotatable bonds is 3. The predicted molar refractivity (Wildman–Crippen MR) is 166 cm³/mol. The number of pyridine rings is 1. The second kappa shape index (κ2) is 8.77. The van der Waals surface area contributed by atoms with E-state index >= 15 is 0 Å². The van der Waals surface area contributed by atoms with Gasteiger partial charge < -0.3 is 0 Å². The highest BCUT2D eigenvalue weighted by molar-refractivity contribution is 6.39. The predicted octanol–water partition coefficient (Wildman–Crippen LogP) is 9.25. The van der Waals surface area contributed by atoms with Crippen LogP contribution in [0.3, 0.4) is 0 Å². The van der Waals surface area contributed by atoms with Crippen LogP contribution in [0.2, 0.25) is 5.02 Å². The molecular weight excluding hydrogens is 512 g/mol. The smallest absolute Gasteiger partial charge is 0.264 e. The number of imidazole rings is 1. The van der Waals surface area contributed by atoms with Crippen molar-refractivity contribution in [3.63, 3.8) is 0 Å². The average molecular weight is 533 g/mol. The molecule has 0 N–H and O–H groups in total. The molecule has 0 aliphatic carbocycles. The van der Waals surface area contributed by atoms with Crippen LogP contribution in [0.25, 0.3) is 71.6 Å². The number of aromatic nitrogens is 2. The van der Waals surface area contributed by atoms with Gasteiger partial charge in [-0.3, -0.25) is 9.20 Å². The molecule has 0 aliphatic heterocycles. The molecular formula is C36H21ClN2O. The number of nitrogens with zero attached hydrogens (tertiary/aromatic N) is 2. The van der Waals surface area contributed by atoms with Crippen molar-refractivity contribution in [3.8, 4) is 33.4 Å². The minimum atomic E-state index is -0.0962. The lowest BCUT2D eigenvalue weighted by Crippen LogP contribution is -2.13. The molecule has 0 radical (unpaired) electrons. The van der Waals surface area contributed by atoms with E-state index in [0.29, 0.717) is 16.1 Å². The summed E-state index contributed by atoms with van der Waals surface area (Å²) in [5.41, 5.74) is 8.36. The van der Waals surface area contributed by atoms with E-state index in [1.165, 1.54) is 0 Å². The normalized spacial score (nSPS) is 11.7. The van der Waals surface area contributed by atoms with E-state index in [0.717, 1.165) is 60.6 Å². The lowest BCUT2D eigenvalue weighted by molar-refractivity contribution is 1.19. The fourth-order valence-corrected chi connectivity index (χ4v) is 6.25. The third kappa shape index (κ3) is 3.32. The Balaban J connectivity index is 1.55. The number of hydrogen-bond acceptors (Lipinski definition) is 2. The SMILES string of the molecule is O=c1c2ccc(-c3ccccc3)c3c(Cl)ccc(c32)c2nc3c(-c4ccccc4)cc(-c4ccccc4)cc3n12. The summed E-state index contributed by atoms with van der Waals surface area (Å²) < 4.78 is 1.78. The Labute approximate surface area is 234 Å². The minimum Gasteiger partial charge on any atom is -0.268 e. The van der Waals surface area contributed by atoms with Gasteiger partial charge in [-0.2, -0.15) is 0 Å². The molecule has 0 amide bonds. The van der Waals surface area contributed by atoms with E-state index in [2.05, 4.69) is 48.5 Å². The lowest BCUT2D eigenvalue weighted by Gasteiger charge is -2.13. The van der Waals surface area contributed by atoms with Crippen molar-refractivity contribution in [3.05, 3.63) is 143 Å². The summed E-state index contributed by atoms with van der Waals surface area (Å²) in [6.07, 6.45) is 0. The fourth-order valence-electron chi connectivity index (χ4n) is 6.00. The average Bonchev–Trinajstić information content (AvgIpc) is 3.41. The van der Waals surface area contributed by atoms with Crippen LogP contribution in [0.1, 0.15) is 0 Å². The highest BCUT2D eigenvalue weighted by atomic mass is 35.5. The van der Waals surface area contributed by atoms with Crippen molar-refractivity contribution in [2.75, 3.05) is 0 Å². The van der Waals surface area contributed by atoms with Crippen LogP contribution in [0.5, 0.6) is 0 Å². The van der Waals surface area contributed by atoms with Crippen molar-refractivity contribution in [1.82, 2.24) is 9.38 Å². The Hall–Kier alpha value is -4.99. The van der Waals surface area contributed by atoms with Crippen LogP contribution >= 0.6 is 11.6 Å². The van der Waals surface area contributed by atoms with Gasteiger partial charge in [-0.25, -0.2) is 4.98 Å². The Kier molecular flexibility index (Phi) is 5.03. The first-order chi connectivity index (χ1) is 19.7. The van der Waals surface area contributed by atoms with Gasteiger partial charge in [0.05, 0.1) is 11.0 Å². The Morgan fingerprint density at radius 3 is 1.82 bits per heavy atom. The Morgan fingerprint density at radius 1 is 0.550 bits per heavy atom. The van der Waals surface area contributed by atoms with Crippen LogP contribution < -0.4 is 5.56 Å². The molecule has 0 saturated heterocycles. The summed E-state index contributed by atoms with van der Waals surface area (Å²) in [6.45, 7) is 0. The molecule has 0 bridgehead atoms. The molecule has 0 aliphatic rings. The first-order valence-electron chi connectivity index (χ1n) is 13.2. The molecule has 3 nitrogen and oxygen atoms in total. The number of benzene rings is 6. The number of hydrogen-bond donors (Lipinski definition) is 0. The van der Waals surface area contributed by atoms with E-state index in [1.807, 2.05) is 78.9 Å². The molecule has 4 heteroatoms. The Morgan fingerprint density at radius 2 is 1.15 bits per heavy atom. The second-order valence-corrected chi connectivity index (χ2v) is 10.5. The highest BCUT2D eigenvalue weighted by Crippen LogP contribution is 2.41. The topological polar surface area (TPSA) is 34.4 Å². The maximum absolute atomic E-state index is 14.3. The molecule has 0 saturated carbocycles. The molecule has 40 heavy (non-hydrogen) atoms. The Bertz CT molecular complexity index is 2280. The van der Waals surface area contributed by atoms with E-state index in [1.54, 1.807) is 4.40 Å². The third-order valence-corrected chi connectivity index (χ3v) is 8.14. The summed E-state index contributed by atoms with van der Waals surface area (Å²) >= 11 is 6.85. The number of halogens is 1. The third-order valence-electron chi connectivity index (χ3n) is 7.82. The van der Waals surface area contributed by atoms with Gasteiger partial charge in [0.25, 0.3) is 5.56 Å². The van der Waals surface area contributed by atoms with Gasteiger partial charge in [-0.1, -0.05) is 109 Å². The quantitative estimate of drug-likeness (QED) is 0.227. The highest BCUT2D eigenvalue weighted by Gasteiger charge is 2.21. The van der Waals surface area contributed by atoms with Crippen LogP contribution in [-0.2, 0) is 0 Å². The van der Waals surface area contributed by atoms with Crippen LogP contribution in [-0.4, -0.2) is 9.38 Å². The summed E-state index contributed by atoms with van der Waals surface area (Å²) in [5, 5.41) is 3.88. The monoisotopic (exact) mass is 532 g/mol. The molecule has 0 unspecified atom stereocenters. The summed E-state index contributed by atoms with van der Waals surface area (Å²) in [5.74, 6) is 0. The van der Waals surface area contributed by atoms with E-state index in [-0.39, 0.29) is 5.56 Å². The van der Waals surface area contributed by atoms with Crippen molar-refractivity contribution < 1.29 is 0 Å². The van der Waals surface area contributed by atoms with Gasteiger partial charge in [0.2, 0.25) is 0 Å². The van der Waals surface area contributed by atoms with Crippen LogP contribution in [0, 0.1) is 0 Å². The van der Waals surface area contributed by atoms with Crippen LogP contribution in [0.4, 0.5) is 0 Å². The van der Waals surface area contributed by atoms with E-state index < -0.39 is 0 Å². The fraction of sp³-hybridized carbons (Fsp3) is 0. The molecule has 8 rings (SSSR count). The van der Waals surface area contributed by atoms with Crippen molar-refractivity contribution in [1.29, 1.82) is 0 Å².